The third-order valence-corrected chi connectivity index (χ3v) is 3.01. The number of rotatable bonds is 6. The molecule has 0 saturated heterocycles. The number of benzene rings is 1. The molecule has 0 amide bonds. The quantitative estimate of drug-likeness (QED) is 0.656. The highest BCUT2D eigenvalue weighted by molar-refractivity contribution is 7.71. The fourth-order valence-electron chi connectivity index (χ4n) is 1.89. The molecule has 2 aromatic rings. The number of nitrogens with one attached hydrogen (secondary N) is 1. The Kier molecular flexibility index (Phi) is 5.27. The summed E-state index contributed by atoms with van der Waals surface area (Å²) in [5.41, 5.74) is 0.957. The van der Waals surface area contributed by atoms with Crippen LogP contribution in [0.15, 0.2) is 29.4 Å². The Morgan fingerprint density at radius 3 is 3.00 bits per heavy atom. The normalized spacial score (nSPS) is 11.4. The molecule has 21 heavy (non-hydrogen) atoms. The number of hydrogen-bond acceptors (Lipinski definition) is 4. The van der Waals surface area contributed by atoms with E-state index < -0.39 is 0 Å². The molecular weight excluding hydrogens is 284 g/mol. The monoisotopic (exact) mass is 304 g/mol. The Hall–Kier alpha value is -1.95. The van der Waals surface area contributed by atoms with E-state index >= 15 is 0 Å². The third kappa shape index (κ3) is 4.26. The largest absolute Gasteiger partial charge is 0.491 e. The third-order valence-electron chi connectivity index (χ3n) is 2.74. The van der Waals surface area contributed by atoms with Gasteiger partial charge in [0, 0.05) is 6.42 Å². The second-order valence-electron chi connectivity index (χ2n) is 4.99. The van der Waals surface area contributed by atoms with Crippen molar-refractivity contribution >= 4 is 18.4 Å². The molecule has 2 rings (SSSR count). The van der Waals surface area contributed by atoms with Crippen molar-refractivity contribution in [1.82, 2.24) is 14.9 Å². The fraction of sp³-hybridized carbons (Fsp3) is 0.400. The summed E-state index contributed by atoms with van der Waals surface area (Å²) in [4.78, 5) is 0. The van der Waals surface area contributed by atoms with Crippen molar-refractivity contribution < 1.29 is 4.74 Å². The Bertz CT molecular complexity index is 672. The summed E-state index contributed by atoms with van der Waals surface area (Å²) in [6, 6.07) is 7.80. The SMILES string of the molecule is CCCc1n[nH]c(=S)n1/N=C/c1cccc(OC(C)C)c1. The van der Waals surface area contributed by atoms with Crippen molar-refractivity contribution in [2.75, 3.05) is 0 Å². The number of nitrogens with zero attached hydrogens (tertiary/aromatic N) is 3. The number of aromatic amines is 1. The first kappa shape index (κ1) is 15.4. The summed E-state index contributed by atoms with van der Waals surface area (Å²) in [7, 11) is 0. The number of hydrogen-bond donors (Lipinski definition) is 1. The highest BCUT2D eigenvalue weighted by atomic mass is 32.1. The second-order valence-corrected chi connectivity index (χ2v) is 5.38. The molecule has 1 aromatic carbocycles. The van der Waals surface area contributed by atoms with Gasteiger partial charge in [-0.1, -0.05) is 19.1 Å². The van der Waals surface area contributed by atoms with Gasteiger partial charge in [0.25, 0.3) is 0 Å². The first-order chi connectivity index (χ1) is 10.1. The predicted octanol–water partition coefficient (Wildman–Crippen LogP) is 3.56. The van der Waals surface area contributed by atoms with Crippen LogP contribution in [-0.4, -0.2) is 27.2 Å². The average molecular weight is 304 g/mol. The van der Waals surface area contributed by atoms with Crippen LogP contribution in [0.3, 0.4) is 0 Å². The van der Waals surface area contributed by atoms with Gasteiger partial charge in [-0.3, -0.25) is 5.10 Å². The first-order valence-corrected chi connectivity index (χ1v) is 7.48. The topological polar surface area (TPSA) is 55.2 Å². The summed E-state index contributed by atoms with van der Waals surface area (Å²) < 4.78 is 7.84. The van der Waals surface area contributed by atoms with Gasteiger partial charge in [0.1, 0.15) is 5.75 Å². The van der Waals surface area contributed by atoms with Crippen LogP contribution in [0.25, 0.3) is 0 Å². The Morgan fingerprint density at radius 2 is 2.29 bits per heavy atom. The summed E-state index contributed by atoms with van der Waals surface area (Å²) in [6.45, 7) is 6.10. The van der Waals surface area contributed by atoms with E-state index in [-0.39, 0.29) is 6.10 Å². The Morgan fingerprint density at radius 1 is 1.48 bits per heavy atom. The average Bonchev–Trinajstić information content (AvgIpc) is 2.77. The highest BCUT2D eigenvalue weighted by Gasteiger charge is 2.03. The van der Waals surface area contributed by atoms with E-state index in [0.29, 0.717) is 4.77 Å². The van der Waals surface area contributed by atoms with E-state index in [4.69, 9.17) is 17.0 Å². The summed E-state index contributed by atoms with van der Waals surface area (Å²) in [6.07, 6.45) is 3.74. The van der Waals surface area contributed by atoms with Crippen LogP contribution in [0.2, 0.25) is 0 Å². The Balaban J connectivity index is 2.21. The lowest BCUT2D eigenvalue weighted by molar-refractivity contribution is 0.242. The lowest BCUT2D eigenvalue weighted by Crippen LogP contribution is -2.05. The number of ether oxygens (including phenoxy) is 1. The zero-order valence-electron chi connectivity index (χ0n) is 12.5. The molecule has 0 atom stereocenters. The molecule has 1 aromatic heterocycles. The standard InChI is InChI=1S/C15H20N4OS/c1-4-6-14-17-18-15(21)19(14)16-10-12-7-5-8-13(9-12)20-11(2)3/h5,7-11H,4,6H2,1-3H3,(H,18,21)/b16-10+. The highest BCUT2D eigenvalue weighted by Crippen LogP contribution is 2.14. The maximum Gasteiger partial charge on any atom is 0.216 e. The summed E-state index contributed by atoms with van der Waals surface area (Å²) in [5, 5.41) is 11.4. The lowest BCUT2D eigenvalue weighted by atomic mass is 10.2. The van der Waals surface area contributed by atoms with E-state index in [1.165, 1.54) is 0 Å². The molecule has 0 fully saturated rings. The van der Waals surface area contributed by atoms with E-state index in [9.17, 15) is 0 Å². The maximum absolute atomic E-state index is 5.67. The van der Waals surface area contributed by atoms with Gasteiger partial charge in [-0.25, -0.2) is 0 Å². The van der Waals surface area contributed by atoms with Crippen molar-refractivity contribution in [3.8, 4) is 5.75 Å². The molecule has 112 valence electrons. The zero-order valence-corrected chi connectivity index (χ0v) is 13.4. The minimum Gasteiger partial charge on any atom is -0.491 e. The van der Waals surface area contributed by atoms with Crippen molar-refractivity contribution in [1.29, 1.82) is 0 Å². The Labute approximate surface area is 129 Å². The van der Waals surface area contributed by atoms with Gasteiger partial charge >= 0.3 is 0 Å². The maximum atomic E-state index is 5.67. The van der Waals surface area contributed by atoms with Crippen LogP contribution in [0, 0.1) is 4.77 Å². The molecule has 1 N–H and O–H groups in total. The van der Waals surface area contributed by atoms with Crippen LogP contribution in [0.5, 0.6) is 5.75 Å². The first-order valence-electron chi connectivity index (χ1n) is 7.07. The van der Waals surface area contributed by atoms with Gasteiger partial charge in [-0.2, -0.15) is 14.9 Å². The van der Waals surface area contributed by atoms with E-state index in [2.05, 4.69) is 22.2 Å². The fourth-order valence-corrected chi connectivity index (χ4v) is 2.09. The van der Waals surface area contributed by atoms with Crippen molar-refractivity contribution in [2.24, 2.45) is 5.10 Å². The molecule has 0 radical (unpaired) electrons. The smallest absolute Gasteiger partial charge is 0.216 e. The summed E-state index contributed by atoms with van der Waals surface area (Å²) in [5.74, 6) is 1.67. The van der Waals surface area contributed by atoms with Gasteiger partial charge in [0.15, 0.2) is 5.82 Å². The molecule has 0 aliphatic rings. The van der Waals surface area contributed by atoms with Gasteiger partial charge < -0.3 is 4.74 Å². The molecule has 6 heteroatoms. The van der Waals surface area contributed by atoms with E-state index in [1.54, 1.807) is 10.9 Å². The minimum absolute atomic E-state index is 0.149. The van der Waals surface area contributed by atoms with Gasteiger partial charge in [0.05, 0.1) is 12.3 Å². The van der Waals surface area contributed by atoms with Crippen molar-refractivity contribution in [3.05, 3.63) is 40.4 Å². The van der Waals surface area contributed by atoms with Gasteiger partial charge in [-0.05, 0) is 50.2 Å². The predicted molar refractivity (Wildman–Crippen MR) is 86.6 cm³/mol. The molecule has 1 heterocycles. The van der Waals surface area contributed by atoms with Gasteiger partial charge in [0.2, 0.25) is 4.77 Å². The molecular formula is C15H20N4OS. The molecule has 0 unspecified atom stereocenters. The van der Waals surface area contributed by atoms with Crippen LogP contribution in [0.1, 0.15) is 38.6 Å². The number of aromatic nitrogens is 3. The molecule has 0 bridgehead atoms. The minimum atomic E-state index is 0.149. The molecule has 5 nitrogen and oxygen atoms in total. The van der Waals surface area contributed by atoms with E-state index in [1.807, 2.05) is 38.1 Å². The van der Waals surface area contributed by atoms with E-state index in [0.717, 1.165) is 30.0 Å². The lowest BCUT2D eigenvalue weighted by Gasteiger charge is -2.09. The molecule has 0 saturated carbocycles. The second kappa shape index (κ2) is 7.17. The van der Waals surface area contributed by atoms with Crippen molar-refractivity contribution in [2.45, 2.75) is 39.7 Å². The molecule has 0 aliphatic heterocycles. The van der Waals surface area contributed by atoms with Crippen LogP contribution < -0.4 is 4.74 Å². The number of aryl methyl sites for hydroxylation is 1. The van der Waals surface area contributed by atoms with Crippen LogP contribution >= 0.6 is 12.2 Å². The van der Waals surface area contributed by atoms with Gasteiger partial charge in [-0.15, -0.1) is 0 Å². The molecule has 0 aliphatic carbocycles. The summed E-state index contributed by atoms with van der Waals surface area (Å²) >= 11 is 5.19. The van der Waals surface area contributed by atoms with Crippen molar-refractivity contribution in [3.63, 3.8) is 0 Å². The molecule has 0 spiro atoms. The van der Waals surface area contributed by atoms with Crippen LogP contribution in [-0.2, 0) is 6.42 Å². The number of H-pyrrole nitrogens is 1. The van der Waals surface area contributed by atoms with Crippen LogP contribution in [0.4, 0.5) is 0 Å². The zero-order chi connectivity index (χ0) is 15.2.